The predicted molar refractivity (Wildman–Crippen MR) is 103 cm³/mol. The zero-order valence-corrected chi connectivity index (χ0v) is 16.0. The molecule has 3 aromatic heterocycles. The lowest BCUT2D eigenvalue weighted by Gasteiger charge is -2.33. The van der Waals surface area contributed by atoms with Gasteiger partial charge in [-0.1, -0.05) is 0 Å². The lowest BCUT2D eigenvalue weighted by Crippen LogP contribution is -2.36. The van der Waals surface area contributed by atoms with Gasteiger partial charge in [0.1, 0.15) is 18.2 Å². The van der Waals surface area contributed by atoms with E-state index in [1.54, 1.807) is 6.20 Å². The van der Waals surface area contributed by atoms with Crippen LogP contribution in [0.2, 0.25) is 0 Å². The first kappa shape index (κ1) is 17.4. The second kappa shape index (κ2) is 7.34. The van der Waals surface area contributed by atoms with Crippen LogP contribution in [-0.4, -0.2) is 54.7 Å². The van der Waals surface area contributed by atoms with Crippen molar-refractivity contribution in [3.63, 3.8) is 0 Å². The van der Waals surface area contributed by atoms with E-state index in [4.69, 9.17) is 0 Å². The molecule has 1 N–H and O–H groups in total. The number of hydrogen-bond acceptors (Lipinski definition) is 7. The maximum absolute atomic E-state index is 4.63. The van der Waals surface area contributed by atoms with Crippen LogP contribution in [0.3, 0.4) is 0 Å². The molecule has 9 nitrogen and oxygen atoms in total. The molecule has 9 heteroatoms. The highest BCUT2D eigenvalue weighted by molar-refractivity contribution is 5.45. The Labute approximate surface area is 158 Å². The smallest absolute Gasteiger partial charge is 0.224 e. The molecule has 1 saturated heterocycles. The van der Waals surface area contributed by atoms with E-state index in [0.29, 0.717) is 18.4 Å². The molecule has 0 aromatic carbocycles. The van der Waals surface area contributed by atoms with Crippen LogP contribution in [0.4, 0.5) is 11.8 Å². The van der Waals surface area contributed by atoms with Gasteiger partial charge >= 0.3 is 0 Å². The van der Waals surface area contributed by atoms with Crippen molar-refractivity contribution in [2.75, 3.05) is 30.4 Å². The standard InChI is InChI=1S/C18H25N9/c1-13-10-15(22-18(19-2)21-13)26-8-4-6-14(11-26)17-24-23-16(25(17)3)12-27-9-5-7-20-27/h5,7,9-10,14H,4,6,8,11-12H2,1-3H3,(H,19,21,22). The van der Waals surface area contributed by atoms with Gasteiger partial charge in [0.25, 0.3) is 0 Å². The van der Waals surface area contributed by atoms with Crippen LogP contribution in [-0.2, 0) is 13.6 Å². The molecule has 1 unspecified atom stereocenters. The van der Waals surface area contributed by atoms with Crippen LogP contribution in [0.15, 0.2) is 24.5 Å². The highest BCUT2D eigenvalue weighted by atomic mass is 15.3. The van der Waals surface area contributed by atoms with E-state index in [2.05, 4.69) is 40.0 Å². The van der Waals surface area contributed by atoms with E-state index in [0.717, 1.165) is 49.1 Å². The topological polar surface area (TPSA) is 89.6 Å². The molecular formula is C18H25N9. The van der Waals surface area contributed by atoms with Crippen LogP contribution in [0.1, 0.15) is 36.1 Å². The molecule has 0 saturated carbocycles. The molecule has 27 heavy (non-hydrogen) atoms. The van der Waals surface area contributed by atoms with E-state index in [1.807, 2.05) is 44.0 Å². The van der Waals surface area contributed by atoms with Gasteiger partial charge in [-0.25, -0.2) is 4.98 Å². The van der Waals surface area contributed by atoms with Gasteiger partial charge in [-0.15, -0.1) is 10.2 Å². The summed E-state index contributed by atoms with van der Waals surface area (Å²) in [7, 11) is 3.89. The van der Waals surface area contributed by atoms with Crippen LogP contribution in [0, 0.1) is 6.92 Å². The van der Waals surface area contributed by atoms with Gasteiger partial charge in [-0.05, 0) is 25.8 Å². The Hall–Kier alpha value is -2.97. The van der Waals surface area contributed by atoms with Crippen molar-refractivity contribution in [2.24, 2.45) is 7.05 Å². The summed E-state index contributed by atoms with van der Waals surface area (Å²) in [6.45, 7) is 4.50. The highest BCUT2D eigenvalue weighted by Crippen LogP contribution is 2.29. The number of hydrogen-bond donors (Lipinski definition) is 1. The average Bonchev–Trinajstić information content (AvgIpc) is 3.32. The minimum absolute atomic E-state index is 0.330. The molecule has 0 radical (unpaired) electrons. The normalized spacial score (nSPS) is 17.3. The summed E-state index contributed by atoms with van der Waals surface area (Å²) in [6, 6.07) is 3.96. The predicted octanol–water partition coefficient (Wildman–Crippen LogP) is 1.58. The van der Waals surface area contributed by atoms with Crippen molar-refractivity contribution < 1.29 is 0 Å². The van der Waals surface area contributed by atoms with E-state index in [-0.39, 0.29) is 0 Å². The van der Waals surface area contributed by atoms with Crippen LogP contribution < -0.4 is 10.2 Å². The third kappa shape index (κ3) is 3.62. The molecule has 142 valence electrons. The molecule has 0 amide bonds. The van der Waals surface area contributed by atoms with Gasteiger partial charge in [0.05, 0.1) is 0 Å². The number of piperidine rings is 1. The first-order valence-corrected chi connectivity index (χ1v) is 9.28. The van der Waals surface area contributed by atoms with Crippen molar-refractivity contribution in [1.29, 1.82) is 0 Å². The largest absolute Gasteiger partial charge is 0.357 e. The van der Waals surface area contributed by atoms with Gasteiger partial charge in [-0.3, -0.25) is 4.68 Å². The molecule has 4 heterocycles. The van der Waals surface area contributed by atoms with Crippen molar-refractivity contribution >= 4 is 11.8 Å². The summed E-state index contributed by atoms with van der Waals surface area (Å²) in [5.41, 5.74) is 0.964. The summed E-state index contributed by atoms with van der Waals surface area (Å²) >= 11 is 0. The summed E-state index contributed by atoms with van der Waals surface area (Å²) < 4.78 is 3.98. The second-order valence-electron chi connectivity index (χ2n) is 6.96. The minimum atomic E-state index is 0.330. The number of nitrogens with one attached hydrogen (secondary N) is 1. The van der Waals surface area contributed by atoms with Crippen molar-refractivity contribution in [3.05, 3.63) is 41.9 Å². The Bertz CT molecular complexity index is 900. The maximum atomic E-state index is 4.63. The quantitative estimate of drug-likeness (QED) is 0.732. The van der Waals surface area contributed by atoms with Crippen molar-refractivity contribution in [3.8, 4) is 0 Å². The lowest BCUT2D eigenvalue weighted by molar-refractivity contribution is 0.475. The fourth-order valence-electron chi connectivity index (χ4n) is 3.63. The van der Waals surface area contributed by atoms with Crippen molar-refractivity contribution in [2.45, 2.75) is 32.2 Å². The Morgan fingerprint density at radius 1 is 1.26 bits per heavy atom. The number of rotatable bonds is 5. The Morgan fingerprint density at radius 3 is 2.93 bits per heavy atom. The van der Waals surface area contributed by atoms with Crippen molar-refractivity contribution in [1.82, 2.24) is 34.5 Å². The molecule has 0 bridgehead atoms. The first-order chi connectivity index (χ1) is 13.1. The Balaban J connectivity index is 1.53. The second-order valence-corrected chi connectivity index (χ2v) is 6.96. The molecular weight excluding hydrogens is 342 g/mol. The van der Waals surface area contributed by atoms with Crippen LogP contribution >= 0.6 is 0 Å². The van der Waals surface area contributed by atoms with Gasteiger partial charge in [-0.2, -0.15) is 10.1 Å². The van der Waals surface area contributed by atoms with Crippen LogP contribution in [0.25, 0.3) is 0 Å². The summed E-state index contributed by atoms with van der Waals surface area (Å²) in [4.78, 5) is 11.3. The minimum Gasteiger partial charge on any atom is -0.357 e. The van der Waals surface area contributed by atoms with E-state index >= 15 is 0 Å². The number of aryl methyl sites for hydroxylation is 1. The summed E-state index contributed by atoms with van der Waals surface area (Å²) in [6.07, 6.45) is 5.92. The molecule has 1 aliphatic rings. The zero-order valence-electron chi connectivity index (χ0n) is 16.0. The SMILES string of the molecule is CNc1nc(C)cc(N2CCCC(c3nnc(Cn4cccn4)n3C)C2)n1. The monoisotopic (exact) mass is 367 g/mol. The Morgan fingerprint density at radius 2 is 2.15 bits per heavy atom. The molecule has 4 rings (SSSR count). The molecule has 3 aromatic rings. The van der Waals surface area contributed by atoms with Gasteiger partial charge in [0.15, 0.2) is 5.82 Å². The van der Waals surface area contributed by atoms with Gasteiger partial charge < -0.3 is 14.8 Å². The molecule has 0 spiro atoms. The van der Waals surface area contributed by atoms with Gasteiger partial charge in [0.2, 0.25) is 5.95 Å². The molecule has 1 atom stereocenters. The highest BCUT2D eigenvalue weighted by Gasteiger charge is 2.27. The molecule has 1 aliphatic heterocycles. The number of aromatic nitrogens is 7. The zero-order chi connectivity index (χ0) is 18.8. The molecule has 0 aliphatic carbocycles. The maximum Gasteiger partial charge on any atom is 0.224 e. The number of anilines is 2. The average molecular weight is 367 g/mol. The van der Waals surface area contributed by atoms with E-state index < -0.39 is 0 Å². The first-order valence-electron chi connectivity index (χ1n) is 9.28. The van der Waals surface area contributed by atoms with E-state index in [1.165, 1.54) is 0 Å². The summed E-state index contributed by atoms with van der Waals surface area (Å²) in [5.74, 6) is 3.90. The third-order valence-corrected chi connectivity index (χ3v) is 5.04. The fourth-order valence-corrected chi connectivity index (χ4v) is 3.63. The summed E-state index contributed by atoms with van der Waals surface area (Å²) in [5, 5.41) is 16.2. The molecule has 1 fully saturated rings. The Kier molecular flexibility index (Phi) is 4.74. The van der Waals surface area contributed by atoms with Gasteiger partial charge in [0, 0.05) is 57.3 Å². The van der Waals surface area contributed by atoms with Crippen LogP contribution in [0.5, 0.6) is 0 Å². The fraction of sp³-hybridized carbons (Fsp3) is 0.500. The lowest BCUT2D eigenvalue weighted by atomic mass is 9.97. The number of nitrogens with zero attached hydrogens (tertiary/aromatic N) is 8. The third-order valence-electron chi connectivity index (χ3n) is 5.04. The van der Waals surface area contributed by atoms with E-state index in [9.17, 15) is 0 Å².